The normalized spacial score (nSPS) is 12.9. The Balaban J connectivity index is 3.57. The summed E-state index contributed by atoms with van der Waals surface area (Å²) >= 11 is 0. The van der Waals surface area contributed by atoms with Gasteiger partial charge in [-0.25, -0.2) is 4.79 Å². The monoisotopic (exact) mass is 258 g/mol. The van der Waals surface area contributed by atoms with Crippen LogP contribution in [-0.4, -0.2) is 30.1 Å². The maximum Gasteiger partial charge on any atom is 0.407 e. The van der Waals surface area contributed by atoms with Crippen LogP contribution in [0, 0.1) is 0 Å². The van der Waals surface area contributed by atoms with Crippen molar-refractivity contribution >= 4 is 11.9 Å². The van der Waals surface area contributed by atoms with Crippen LogP contribution in [0.25, 0.3) is 0 Å². The molecule has 0 heterocycles. The highest BCUT2D eigenvalue weighted by atomic mass is 16.6. The first-order chi connectivity index (χ1) is 8.26. The van der Waals surface area contributed by atoms with Gasteiger partial charge in [0.1, 0.15) is 11.4 Å². The van der Waals surface area contributed by atoms with E-state index in [9.17, 15) is 9.59 Å². The number of alkyl carbamates (subject to hydrolysis) is 1. The van der Waals surface area contributed by atoms with Gasteiger partial charge in [-0.05, 0) is 40.0 Å². The molecule has 1 amide bonds. The van der Waals surface area contributed by atoms with Gasteiger partial charge in [-0.3, -0.25) is 4.79 Å². The summed E-state index contributed by atoms with van der Waals surface area (Å²) in [5.74, 6) is 0.0927. The van der Waals surface area contributed by atoms with E-state index in [-0.39, 0.29) is 11.8 Å². The zero-order valence-electron chi connectivity index (χ0n) is 11.9. The minimum atomic E-state index is -0.472. The number of unbranched alkanes of at least 4 members (excludes halogenated alkanes) is 1. The average Bonchev–Trinajstić information content (AvgIpc) is 2.24. The lowest BCUT2D eigenvalue weighted by molar-refractivity contribution is -0.120. The van der Waals surface area contributed by atoms with Gasteiger partial charge in [-0.2, -0.15) is 0 Å². The minimum Gasteiger partial charge on any atom is -0.444 e. The predicted octanol–water partition coefficient (Wildman–Crippen LogP) is 1.99. The molecule has 0 fully saturated rings. The molecule has 5 nitrogen and oxygen atoms in total. The second-order valence-electron chi connectivity index (χ2n) is 5.35. The Morgan fingerprint density at radius 2 is 1.89 bits per heavy atom. The molecular weight excluding hydrogens is 232 g/mol. The quantitative estimate of drug-likeness (QED) is 0.684. The standard InChI is InChI=1S/C13H26N2O3/c1-5-11(16)10(14)8-6-7-9-15-12(17)18-13(2,3)4/h10H,5-9,14H2,1-4H3,(H,15,17)/t10-/m0/s1. The van der Waals surface area contributed by atoms with Crippen LogP contribution in [0.5, 0.6) is 0 Å². The van der Waals surface area contributed by atoms with Gasteiger partial charge in [0.05, 0.1) is 6.04 Å². The van der Waals surface area contributed by atoms with Crippen molar-refractivity contribution in [2.24, 2.45) is 5.73 Å². The van der Waals surface area contributed by atoms with Crippen LogP contribution in [0.2, 0.25) is 0 Å². The SMILES string of the molecule is CCC(=O)[C@@H](N)CCCCNC(=O)OC(C)(C)C. The van der Waals surface area contributed by atoms with Crippen molar-refractivity contribution < 1.29 is 14.3 Å². The molecule has 0 aromatic carbocycles. The molecule has 5 heteroatoms. The van der Waals surface area contributed by atoms with Crippen molar-refractivity contribution in [2.45, 2.75) is 65.0 Å². The second-order valence-corrected chi connectivity index (χ2v) is 5.35. The molecule has 0 unspecified atom stereocenters. The summed E-state index contributed by atoms with van der Waals surface area (Å²) in [6, 6.07) is -0.364. The number of carbonyl (C=O) groups excluding carboxylic acids is 2. The summed E-state index contributed by atoms with van der Waals surface area (Å²) in [7, 11) is 0. The van der Waals surface area contributed by atoms with Crippen LogP contribution in [0.3, 0.4) is 0 Å². The number of hydrogen-bond acceptors (Lipinski definition) is 4. The molecule has 1 atom stereocenters. The average molecular weight is 258 g/mol. The number of ketones is 1. The number of ether oxygens (including phenoxy) is 1. The van der Waals surface area contributed by atoms with Crippen molar-refractivity contribution in [2.75, 3.05) is 6.54 Å². The Kier molecular flexibility index (Phi) is 7.59. The van der Waals surface area contributed by atoms with E-state index in [1.165, 1.54) is 0 Å². The zero-order valence-corrected chi connectivity index (χ0v) is 11.9. The number of rotatable bonds is 7. The van der Waals surface area contributed by atoms with Gasteiger partial charge in [0, 0.05) is 13.0 Å². The van der Waals surface area contributed by atoms with E-state index in [2.05, 4.69) is 5.32 Å². The molecule has 0 aliphatic heterocycles. The Morgan fingerprint density at radius 3 is 2.39 bits per heavy atom. The number of Topliss-reactive ketones (excluding diaryl/α,β-unsaturated/α-hetero) is 1. The summed E-state index contributed by atoms with van der Waals surface area (Å²) in [5.41, 5.74) is 5.22. The molecule has 0 aromatic rings. The van der Waals surface area contributed by atoms with E-state index in [0.717, 1.165) is 12.8 Å². The third-order valence-corrected chi connectivity index (χ3v) is 2.37. The lowest BCUT2D eigenvalue weighted by Gasteiger charge is -2.19. The maximum absolute atomic E-state index is 11.3. The Bertz CT molecular complexity index is 272. The van der Waals surface area contributed by atoms with Crippen molar-refractivity contribution in [3.8, 4) is 0 Å². The van der Waals surface area contributed by atoms with Crippen molar-refractivity contribution in [3.05, 3.63) is 0 Å². The van der Waals surface area contributed by atoms with E-state index >= 15 is 0 Å². The lowest BCUT2D eigenvalue weighted by Crippen LogP contribution is -2.33. The summed E-state index contributed by atoms with van der Waals surface area (Å²) in [4.78, 5) is 22.5. The van der Waals surface area contributed by atoms with Gasteiger partial charge in [-0.1, -0.05) is 6.92 Å². The highest BCUT2D eigenvalue weighted by Gasteiger charge is 2.15. The van der Waals surface area contributed by atoms with Crippen LogP contribution >= 0.6 is 0 Å². The number of carbonyl (C=O) groups is 2. The van der Waals surface area contributed by atoms with Gasteiger partial charge in [0.2, 0.25) is 0 Å². The second kappa shape index (κ2) is 8.08. The smallest absolute Gasteiger partial charge is 0.407 e. The van der Waals surface area contributed by atoms with E-state index in [4.69, 9.17) is 10.5 Å². The van der Waals surface area contributed by atoms with E-state index < -0.39 is 11.7 Å². The number of nitrogens with one attached hydrogen (secondary N) is 1. The number of nitrogens with two attached hydrogens (primary N) is 1. The van der Waals surface area contributed by atoms with Crippen LogP contribution in [0.15, 0.2) is 0 Å². The van der Waals surface area contributed by atoms with E-state index in [0.29, 0.717) is 19.4 Å². The molecule has 0 radical (unpaired) electrons. The summed E-state index contributed by atoms with van der Waals surface area (Å²) in [6.07, 6.45) is 2.36. The zero-order chi connectivity index (χ0) is 14.2. The molecule has 0 saturated carbocycles. The summed E-state index contributed by atoms with van der Waals surface area (Å²) in [6.45, 7) is 7.82. The van der Waals surface area contributed by atoms with Gasteiger partial charge >= 0.3 is 6.09 Å². The van der Waals surface area contributed by atoms with Crippen LogP contribution in [0.4, 0.5) is 4.79 Å². The van der Waals surface area contributed by atoms with Crippen LogP contribution in [-0.2, 0) is 9.53 Å². The van der Waals surface area contributed by atoms with Crippen molar-refractivity contribution in [1.82, 2.24) is 5.32 Å². The molecule has 3 N–H and O–H groups in total. The molecule has 0 rings (SSSR count). The fraction of sp³-hybridized carbons (Fsp3) is 0.846. The maximum atomic E-state index is 11.3. The summed E-state index contributed by atoms with van der Waals surface area (Å²) < 4.78 is 5.09. The largest absolute Gasteiger partial charge is 0.444 e. The number of hydrogen-bond donors (Lipinski definition) is 2. The molecule has 18 heavy (non-hydrogen) atoms. The lowest BCUT2D eigenvalue weighted by atomic mass is 10.0. The summed E-state index contributed by atoms with van der Waals surface area (Å²) in [5, 5.41) is 2.67. The molecule has 0 spiro atoms. The van der Waals surface area contributed by atoms with E-state index in [1.54, 1.807) is 0 Å². The molecule has 0 aliphatic rings. The van der Waals surface area contributed by atoms with Gasteiger partial charge in [0.25, 0.3) is 0 Å². The van der Waals surface area contributed by atoms with Gasteiger partial charge < -0.3 is 15.8 Å². The Hall–Kier alpha value is -1.10. The minimum absolute atomic E-state index is 0.0927. The molecule has 0 saturated heterocycles. The van der Waals surface area contributed by atoms with Gasteiger partial charge in [-0.15, -0.1) is 0 Å². The third-order valence-electron chi connectivity index (χ3n) is 2.37. The molecule has 0 bridgehead atoms. The first-order valence-electron chi connectivity index (χ1n) is 6.51. The highest BCUT2D eigenvalue weighted by molar-refractivity contribution is 5.83. The molecular formula is C13H26N2O3. The first-order valence-corrected chi connectivity index (χ1v) is 6.51. The molecule has 106 valence electrons. The molecule has 0 aliphatic carbocycles. The fourth-order valence-electron chi connectivity index (χ4n) is 1.42. The highest BCUT2D eigenvalue weighted by Crippen LogP contribution is 2.06. The Morgan fingerprint density at radius 1 is 1.28 bits per heavy atom. The topological polar surface area (TPSA) is 81.4 Å². The van der Waals surface area contributed by atoms with E-state index in [1.807, 2.05) is 27.7 Å². The first kappa shape index (κ1) is 16.9. The van der Waals surface area contributed by atoms with Crippen LogP contribution in [0.1, 0.15) is 53.4 Å². The molecule has 0 aromatic heterocycles. The fourth-order valence-corrected chi connectivity index (χ4v) is 1.42. The van der Waals surface area contributed by atoms with Crippen molar-refractivity contribution in [1.29, 1.82) is 0 Å². The predicted molar refractivity (Wildman–Crippen MR) is 71.4 cm³/mol. The third kappa shape index (κ3) is 8.98. The van der Waals surface area contributed by atoms with Crippen molar-refractivity contribution in [3.63, 3.8) is 0 Å². The van der Waals surface area contributed by atoms with Crippen LogP contribution < -0.4 is 11.1 Å². The number of amides is 1. The Labute approximate surface area is 109 Å². The van der Waals surface area contributed by atoms with Gasteiger partial charge in [0.15, 0.2) is 0 Å².